The smallest absolute Gasteiger partial charge is 0.349 e. The van der Waals surface area contributed by atoms with Crippen molar-refractivity contribution < 1.29 is 23.8 Å². The van der Waals surface area contributed by atoms with Crippen LogP contribution in [0, 0.1) is 32.1 Å². The average molecular weight is 379 g/mol. The SMILES string of the molecule is COC(=O)/C(C#N)=C/c1cccc(OC(=O)COc2c(C)ccc(C)c2C)c1. The van der Waals surface area contributed by atoms with Crippen LogP contribution >= 0.6 is 0 Å². The zero-order valence-corrected chi connectivity index (χ0v) is 16.2. The maximum absolute atomic E-state index is 12.1. The molecule has 0 saturated carbocycles. The van der Waals surface area contributed by atoms with Gasteiger partial charge in [0.2, 0.25) is 0 Å². The predicted molar refractivity (Wildman–Crippen MR) is 104 cm³/mol. The standard InChI is InChI=1S/C22H21NO5/c1-14-8-9-15(2)21(16(14)3)27-13-20(24)28-19-7-5-6-17(11-19)10-18(12-23)22(25)26-4/h5-11H,13H2,1-4H3/b18-10+. The number of ether oxygens (including phenoxy) is 3. The maximum atomic E-state index is 12.1. The molecular weight excluding hydrogens is 358 g/mol. The van der Waals surface area contributed by atoms with E-state index in [0.29, 0.717) is 11.3 Å². The van der Waals surface area contributed by atoms with Crippen LogP contribution in [-0.2, 0) is 14.3 Å². The summed E-state index contributed by atoms with van der Waals surface area (Å²) in [5.41, 5.74) is 3.37. The van der Waals surface area contributed by atoms with Crippen molar-refractivity contribution in [2.75, 3.05) is 13.7 Å². The Bertz CT molecular complexity index is 969. The Kier molecular flexibility index (Phi) is 6.94. The molecule has 6 nitrogen and oxygen atoms in total. The Balaban J connectivity index is 2.07. The first-order chi connectivity index (χ1) is 13.3. The molecule has 0 bridgehead atoms. The van der Waals surface area contributed by atoms with Crippen LogP contribution in [0.4, 0.5) is 0 Å². The largest absolute Gasteiger partial charge is 0.481 e. The van der Waals surface area contributed by atoms with Gasteiger partial charge in [-0.3, -0.25) is 0 Å². The molecule has 0 unspecified atom stereocenters. The molecule has 0 saturated heterocycles. The van der Waals surface area contributed by atoms with E-state index in [1.165, 1.54) is 13.2 Å². The molecule has 0 atom stereocenters. The minimum Gasteiger partial charge on any atom is -0.481 e. The van der Waals surface area contributed by atoms with E-state index in [1.807, 2.05) is 32.9 Å². The lowest BCUT2D eigenvalue weighted by Crippen LogP contribution is -2.18. The highest BCUT2D eigenvalue weighted by Crippen LogP contribution is 2.25. The van der Waals surface area contributed by atoms with Crippen LogP contribution in [0.25, 0.3) is 6.08 Å². The van der Waals surface area contributed by atoms with Gasteiger partial charge >= 0.3 is 11.9 Å². The normalized spacial score (nSPS) is 10.8. The van der Waals surface area contributed by atoms with Crippen LogP contribution in [0.5, 0.6) is 11.5 Å². The van der Waals surface area contributed by atoms with Gasteiger partial charge in [0, 0.05) is 0 Å². The number of nitriles is 1. The minimum atomic E-state index is -0.734. The van der Waals surface area contributed by atoms with Crippen LogP contribution in [0.15, 0.2) is 42.0 Å². The summed E-state index contributed by atoms with van der Waals surface area (Å²) in [5, 5.41) is 9.03. The van der Waals surface area contributed by atoms with Gasteiger partial charge in [-0.05, 0) is 61.2 Å². The number of hydrogen-bond acceptors (Lipinski definition) is 6. The number of methoxy groups -OCH3 is 1. The molecular formula is C22H21NO5. The van der Waals surface area contributed by atoms with Crippen molar-refractivity contribution in [2.45, 2.75) is 20.8 Å². The van der Waals surface area contributed by atoms with Gasteiger partial charge in [0.25, 0.3) is 0 Å². The number of nitrogens with zero attached hydrogens (tertiary/aromatic N) is 1. The van der Waals surface area contributed by atoms with Gasteiger partial charge in [0.1, 0.15) is 23.1 Å². The highest BCUT2D eigenvalue weighted by Gasteiger charge is 2.12. The summed E-state index contributed by atoms with van der Waals surface area (Å²) in [7, 11) is 1.20. The molecule has 6 heteroatoms. The Morgan fingerprint density at radius 3 is 2.50 bits per heavy atom. The second-order valence-corrected chi connectivity index (χ2v) is 6.15. The number of hydrogen-bond donors (Lipinski definition) is 0. The summed E-state index contributed by atoms with van der Waals surface area (Å²) in [6, 6.07) is 12.2. The lowest BCUT2D eigenvalue weighted by atomic mass is 10.1. The van der Waals surface area contributed by atoms with Gasteiger partial charge in [0.15, 0.2) is 6.61 Å². The van der Waals surface area contributed by atoms with E-state index in [0.717, 1.165) is 16.7 Å². The van der Waals surface area contributed by atoms with E-state index >= 15 is 0 Å². The number of aryl methyl sites for hydroxylation is 2. The van der Waals surface area contributed by atoms with E-state index in [2.05, 4.69) is 4.74 Å². The fourth-order valence-corrected chi connectivity index (χ4v) is 2.52. The molecule has 28 heavy (non-hydrogen) atoms. The molecule has 0 aliphatic rings. The summed E-state index contributed by atoms with van der Waals surface area (Å²) in [5.74, 6) is -0.343. The van der Waals surface area contributed by atoms with Crippen LogP contribution < -0.4 is 9.47 Å². The van der Waals surface area contributed by atoms with Gasteiger partial charge in [-0.2, -0.15) is 5.26 Å². The lowest BCUT2D eigenvalue weighted by molar-refractivity contribution is -0.137. The summed E-state index contributed by atoms with van der Waals surface area (Å²) in [6.45, 7) is 5.59. The van der Waals surface area contributed by atoms with E-state index in [9.17, 15) is 9.59 Å². The zero-order valence-electron chi connectivity index (χ0n) is 16.2. The van der Waals surface area contributed by atoms with Crippen LogP contribution in [0.3, 0.4) is 0 Å². The maximum Gasteiger partial charge on any atom is 0.349 e. The summed E-state index contributed by atoms with van der Waals surface area (Å²) >= 11 is 0. The summed E-state index contributed by atoms with van der Waals surface area (Å²) < 4.78 is 15.5. The highest BCUT2D eigenvalue weighted by atomic mass is 16.6. The summed E-state index contributed by atoms with van der Waals surface area (Å²) in [4.78, 5) is 23.6. The van der Waals surface area contributed by atoms with Gasteiger partial charge in [-0.1, -0.05) is 24.3 Å². The molecule has 0 radical (unpaired) electrons. The number of esters is 2. The molecule has 2 rings (SSSR count). The topological polar surface area (TPSA) is 85.6 Å². The van der Waals surface area contributed by atoms with Crippen molar-refractivity contribution in [2.24, 2.45) is 0 Å². The Morgan fingerprint density at radius 1 is 1.11 bits per heavy atom. The Hall–Kier alpha value is -3.59. The molecule has 0 amide bonds. The molecule has 0 N–H and O–H groups in total. The number of benzene rings is 2. The lowest BCUT2D eigenvalue weighted by Gasteiger charge is -2.13. The fourth-order valence-electron chi connectivity index (χ4n) is 2.52. The van der Waals surface area contributed by atoms with E-state index < -0.39 is 11.9 Å². The number of carbonyl (C=O) groups is 2. The molecule has 2 aromatic rings. The molecule has 0 aromatic heterocycles. The van der Waals surface area contributed by atoms with E-state index in [1.54, 1.807) is 30.3 Å². The second-order valence-electron chi connectivity index (χ2n) is 6.15. The van der Waals surface area contributed by atoms with Crippen molar-refractivity contribution >= 4 is 18.0 Å². The molecule has 0 heterocycles. The number of rotatable bonds is 6. The first-order valence-electron chi connectivity index (χ1n) is 8.56. The molecule has 0 aliphatic carbocycles. The minimum absolute atomic E-state index is 0.153. The van der Waals surface area contributed by atoms with E-state index in [4.69, 9.17) is 14.7 Å². The Labute approximate surface area is 164 Å². The quantitative estimate of drug-likeness (QED) is 0.329. The third kappa shape index (κ3) is 5.21. The van der Waals surface area contributed by atoms with Crippen molar-refractivity contribution in [1.82, 2.24) is 0 Å². The highest BCUT2D eigenvalue weighted by molar-refractivity contribution is 5.97. The molecule has 0 spiro atoms. The van der Waals surface area contributed by atoms with Crippen molar-refractivity contribution in [3.63, 3.8) is 0 Å². The summed E-state index contributed by atoms with van der Waals surface area (Å²) in [6.07, 6.45) is 1.36. The van der Waals surface area contributed by atoms with Crippen LogP contribution in [-0.4, -0.2) is 25.7 Å². The predicted octanol–water partition coefficient (Wildman–Crippen LogP) is 3.68. The first-order valence-corrected chi connectivity index (χ1v) is 8.56. The fraction of sp³-hybridized carbons (Fsp3) is 0.227. The molecule has 144 valence electrons. The number of carbonyl (C=O) groups excluding carboxylic acids is 2. The van der Waals surface area contributed by atoms with Crippen LogP contribution in [0.2, 0.25) is 0 Å². The van der Waals surface area contributed by atoms with Gasteiger partial charge in [-0.25, -0.2) is 9.59 Å². The molecule has 0 aliphatic heterocycles. The van der Waals surface area contributed by atoms with E-state index in [-0.39, 0.29) is 17.9 Å². The van der Waals surface area contributed by atoms with Crippen LogP contribution in [0.1, 0.15) is 22.3 Å². The van der Waals surface area contributed by atoms with Crippen molar-refractivity contribution in [1.29, 1.82) is 5.26 Å². The van der Waals surface area contributed by atoms with Gasteiger partial charge in [0.05, 0.1) is 7.11 Å². The monoisotopic (exact) mass is 379 g/mol. The first kappa shape index (κ1) is 20.7. The third-order valence-electron chi connectivity index (χ3n) is 4.13. The third-order valence-corrected chi connectivity index (χ3v) is 4.13. The van der Waals surface area contributed by atoms with Gasteiger partial charge in [-0.15, -0.1) is 0 Å². The van der Waals surface area contributed by atoms with Crippen molar-refractivity contribution in [3.8, 4) is 17.6 Å². The molecule has 0 fully saturated rings. The average Bonchev–Trinajstić information content (AvgIpc) is 2.68. The second kappa shape index (κ2) is 9.38. The zero-order chi connectivity index (χ0) is 20.7. The molecule has 2 aromatic carbocycles. The van der Waals surface area contributed by atoms with Gasteiger partial charge < -0.3 is 14.2 Å². The Morgan fingerprint density at radius 2 is 1.82 bits per heavy atom. The van der Waals surface area contributed by atoms with Crippen molar-refractivity contribution in [3.05, 3.63) is 64.2 Å².